The van der Waals surface area contributed by atoms with Gasteiger partial charge in [0, 0.05) is 26.7 Å². The molecule has 0 saturated heterocycles. The maximum Gasteiger partial charge on any atom is 0.190 e. The quantitative estimate of drug-likeness (QED) is 0.515. The van der Waals surface area contributed by atoms with Crippen LogP contribution in [0.5, 0.6) is 0 Å². The van der Waals surface area contributed by atoms with Crippen molar-refractivity contribution < 1.29 is 4.74 Å². The third-order valence-electron chi connectivity index (χ3n) is 3.32. The van der Waals surface area contributed by atoms with Crippen LogP contribution in [0.4, 0.5) is 0 Å². The fourth-order valence-electron chi connectivity index (χ4n) is 1.94. The molecule has 1 fully saturated rings. The smallest absolute Gasteiger partial charge is 0.190 e. The molecule has 0 radical (unpaired) electrons. The maximum absolute atomic E-state index is 5.73. The van der Waals surface area contributed by atoms with Gasteiger partial charge in [-0.1, -0.05) is 13.8 Å². The highest BCUT2D eigenvalue weighted by Gasteiger charge is 2.21. The van der Waals surface area contributed by atoms with E-state index in [2.05, 4.69) is 36.4 Å². The molecule has 1 aliphatic rings. The Labute approximate surface area is 112 Å². The van der Waals surface area contributed by atoms with Gasteiger partial charge in [0.15, 0.2) is 5.96 Å². The summed E-state index contributed by atoms with van der Waals surface area (Å²) >= 11 is 0. The lowest BCUT2D eigenvalue weighted by atomic mass is 10.0. The lowest BCUT2D eigenvalue weighted by Gasteiger charge is -2.21. The van der Waals surface area contributed by atoms with Crippen LogP contribution in [0.15, 0.2) is 4.99 Å². The number of nitrogens with one attached hydrogen (secondary N) is 2. The average Bonchev–Trinajstić information content (AvgIpc) is 3.15. The molecule has 106 valence electrons. The molecule has 0 spiro atoms. The number of ether oxygens (including phenoxy) is 1. The summed E-state index contributed by atoms with van der Waals surface area (Å²) < 4.78 is 5.73. The predicted molar refractivity (Wildman–Crippen MR) is 77.0 cm³/mol. The monoisotopic (exact) mass is 255 g/mol. The fraction of sp³-hybridized carbons (Fsp3) is 0.929. The normalized spacial score (nSPS) is 17.9. The van der Waals surface area contributed by atoms with Gasteiger partial charge in [-0.3, -0.25) is 4.99 Å². The van der Waals surface area contributed by atoms with Crippen molar-refractivity contribution in [2.75, 3.05) is 26.7 Å². The van der Waals surface area contributed by atoms with E-state index < -0.39 is 0 Å². The molecule has 0 bridgehead atoms. The Balaban J connectivity index is 2.16. The number of aliphatic imine (C=N–C) groups is 1. The number of nitrogens with zero attached hydrogens (tertiary/aromatic N) is 1. The second-order valence-corrected chi connectivity index (χ2v) is 5.35. The van der Waals surface area contributed by atoms with E-state index in [4.69, 9.17) is 4.74 Å². The molecule has 2 N–H and O–H groups in total. The summed E-state index contributed by atoms with van der Waals surface area (Å²) in [7, 11) is 1.82. The van der Waals surface area contributed by atoms with Crippen LogP contribution in [-0.4, -0.2) is 38.8 Å². The first-order valence-electron chi connectivity index (χ1n) is 7.23. The van der Waals surface area contributed by atoms with Gasteiger partial charge in [0.05, 0.1) is 6.10 Å². The Morgan fingerprint density at radius 1 is 1.33 bits per heavy atom. The Bertz CT molecular complexity index is 249. The van der Waals surface area contributed by atoms with E-state index in [0.717, 1.165) is 38.0 Å². The van der Waals surface area contributed by atoms with Gasteiger partial charge in [-0.05, 0) is 38.0 Å². The zero-order valence-electron chi connectivity index (χ0n) is 12.3. The number of guanidine groups is 1. The summed E-state index contributed by atoms with van der Waals surface area (Å²) in [6.45, 7) is 9.23. The second-order valence-electron chi connectivity index (χ2n) is 5.35. The SMILES string of the molecule is CCOC(CCNC(=NC)NCC1CC1)C(C)C. The molecule has 1 aliphatic carbocycles. The van der Waals surface area contributed by atoms with Gasteiger partial charge in [0.1, 0.15) is 0 Å². The van der Waals surface area contributed by atoms with Crippen molar-refractivity contribution in [3.05, 3.63) is 0 Å². The number of rotatable bonds is 8. The van der Waals surface area contributed by atoms with Crippen LogP contribution in [0, 0.1) is 11.8 Å². The van der Waals surface area contributed by atoms with Gasteiger partial charge >= 0.3 is 0 Å². The lowest BCUT2D eigenvalue weighted by molar-refractivity contribution is 0.0258. The average molecular weight is 255 g/mol. The minimum Gasteiger partial charge on any atom is -0.378 e. The van der Waals surface area contributed by atoms with Crippen molar-refractivity contribution in [1.29, 1.82) is 0 Å². The molecule has 1 saturated carbocycles. The molecule has 1 rings (SSSR count). The summed E-state index contributed by atoms with van der Waals surface area (Å²) in [5.41, 5.74) is 0. The number of hydrogen-bond donors (Lipinski definition) is 2. The van der Waals surface area contributed by atoms with Gasteiger partial charge < -0.3 is 15.4 Å². The van der Waals surface area contributed by atoms with Crippen LogP contribution in [-0.2, 0) is 4.74 Å². The Kier molecular flexibility index (Phi) is 7.09. The van der Waals surface area contributed by atoms with Crippen molar-refractivity contribution in [1.82, 2.24) is 10.6 Å². The van der Waals surface area contributed by atoms with Gasteiger partial charge in [0.25, 0.3) is 0 Å². The van der Waals surface area contributed by atoms with Crippen LogP contribution in [0.3, 0.4) is 0 Å². The highest BCUT2D eigenvalue weighted by Crippen LogP contribution is 2.27. The Morgan fingerprint density at radius 3 is 2.56 bits per heavy atom. The largest absolute Gasteiger partial charge is 0.378 e. The molecule has 0 aliphatic heterocycles. The molecular weight excluding hydrogens is 226 g/mol. The Hall–Kier alpha value is -0.770. The number of hydrogen-bond acceptors (Lipinski definition) is 2. The highest BCUT2D eigenvalue weighted by molar-refractivity contribution is 5.79. The van der Waals surface area contributed by atoms with Crippen LogP contribution in [0.1, 0.15) is 40.0 Å². The van der Waals surface area contributed by atoms with E-state index in [1.807, 2.05) is 7.05 Å². The minimum absolute atomic E-state index is 0.337. The first-order chi connectivity index (χ1) is 8.67. The van der Waals surface area contributed by atoms with Crippen LogP contribution >= 0.6 is 0 Å². The molecule has 0 amide bonds. The molecule has 18 heavy (non-hydrogen) atoms. The summed E-state index contributed by atoms with van der Waals surface area (Å²) in [5.74, 6) is 2.35. The molecule has 0 aromatic rings. The van der Waals surface area contributed by atoms with Gasteiger partial charge in [0.2, 0.25) is 0 Å². The first-order valence-corrected chi connectivity index (χ1v) is 7.23. The zero-order chi connectivity index (χ0) is 13.4. The lowest BCUT2D eigenvalue weighted by Crippen LogP contribution is -2.40. The first kappa shape index (κ1) is 15.3. The molecule has 4 heteroatoms. The molecule has 0 aromatic heterocycles. The van der Waals surface area contributed by atoms with Crippen molar-refractivity contribution in [2.45, 2.75) is 46.1 Å². The second kappa shape index (κ2) is 8.35. The van der Waals surface area contributed by atoms with E-state index >= 15 is 0 Å². The standard InChI is InChI=1S/C14H29N3O/c1-5-18-13(11(2)3)8-9-16-14(15-4)17-10-12-6-7-12/h11-13H,5-10H2,1-4H3,(H2,15,16,17). The third-order valence-corrected chi connectivity index (χ3v) is 3.32. The van der Waals surface area contributed by atoms with Gasteiger partial charge in [-0.15, -0.1) is 0 Å². The molecule has 4 nitrogen and oxygen atoms in total. The summed E-state index contributed by atoms with van der Waals surface area (Å²) in [4.78, 5) is 4.23. The van der Waals surface area contributed by atoms with Crippen LogP contribution < -0.4 is 10.6 Å². The van der Waals surface area contributed by atoms with E-state index in [9.17, 15) is 0 Å². The van der Waals surface area contributed by atoms with E-state index in [1.165, 1.54) is 12.8 Å². The molecule has 0 heterocycles. The summed E-state index contributed by atoms with van der Waals surface area (Å²) in [6, 6.07) is 0. The van der Waals surface area contributed by atoms with Gasteiger partial charge in [-0.25, -0.2) is 0 Å². The van der Waals surface area contributed by atoms with Crippen LogP contribution in [0.25, 0.3) is 0 Å². The van der Waals surface area contributed by atoms with E-state index in [-0.39, 0.29) is 0 Å². The van der Waals surface area contributed by atoms with Crippen molar-refractivity contribution in [3.8, 4) is 0 Å². The topological polar surface area (TPSA) is 45.6 Å². The zero-order valence-corrected chi connectivity index (χ0v) is 12.3. The third kappa shape index (κ3) is 6.24. The Morgan fingerprint density at radius 2 is 2.06 bits per heavy atom. The van der Waals surface area contributed by atoms with Crippen molar-refractivity contribution in [2.24, 2.45) is 16.8 Å². The van der Waals surface area contributed by atoms with Crippen molar-refractivity contribution >= 4 is 5.96 Å². The summed E-state index contributed by atoms with van der Waals surface area (Å²) in [6.07, 6.45) is 4.09. The molecule has 1 unspecified atom stereocenters. The maximum atomic E-state index is 5.73. The van der Waals surface area contributed by atoms with E-state index in [1.54, 1.807) is 0 Å². The highest BCUT2D eigenvalue weighted by atomic mass is 16.5. The molecule has 1 atom stereocenters. The van der Waals surface area contributed by atoms with Gasteiger partial charge in [-0.2, -0.15) is 0 Å². The van der Waals surface area contributed by atoms with E-state index in [0.29, 0.717) is 12.0 Å². The minimum atomic E-state index is 0.337. The van der Waals surface area contributed by atoms with Crippen LogP contribution in [0.2, 0.25) is 0 Å². The molecule has 0 aromatic carbocycles. The fourth-order valence-corrected chi connectivity index (χ4v) is 1.94. The van der Waals surface area contributed by atoms with Crippen molar-refractivity contribution in [3.63, 3.8) is 0 Å². The summed E-state index contributed by atoms with van der Waals surface area (Å²) in [5, 5.41) is 6.72. The predicted octanol–water partition coefficient (Wildman–Crippen LogP) is 2.01. The molecular formula is C14H29N3O.